The molecule has 0 aromatic heterocycles. The van der Waals surface area contributed by atoms with Crippen molar-refractivity contribution >= 4 is 64.3 Å². The molecule has 27 heavy (non-hydrogen) atoms. The van der Waals surface area contributed by atoms with Crippen LogP contribution in [0.15, 0.2) is 12.2 Å². The first-order valence-electron chi connectivity index (χ1n) is 7.80. The maximum atomic E-state index is 12.0. The van der Waals surface area contributed by atoms with Gasteiger partial charge in [0.1, 0.15) is 6.61 Å². The molecule has 0 aromatic rings. The number of unbranched alkanes of at least 4 members (excludes halogenated alkanes) is 1. The molecule has 0 radical (unpaired) electrons. The third-order valence-corrected chi connectivity index (χ3v) is 4.13. The molecule has 1 aliphatic rings. The molecule has 14 heteroatoms. The lowest BCUT2D eigenvalue weighted by molar-refractivity contribution is -0.146. The van der Waals surface area contributed by atoms with E-state index in [1.165, 1.54) is 18.0 Å². The van der Waals surface area contributed by atoms with Gasteiger partial charge in [-0.15, -0.1) is 0 Å². The van der Waals surface area contributed by atoms with Gasteiger partial charge in [0.05, 0.1) is 13.1 Å². The largest absolute Gasteiger partial charge is 0.635 e. The topological polar surface area (TPSA) is 108 Å². The molecule has 0 aromatic carbocycles. The van der Waals surface area contributed by atoms with Gasteiger partial charge in [-0.25, -0.2) is 8.37 Å². The minimum absolute atomic E-state index is 0.187. The zero-order valence-electron chi connectivity index (χ0n) is 14.6. The number of likely N-dealkylation sites (N-methyl/N-ethyl adjacent to an activating group) is 1. The van der Waals surface area contributed by atoms with Crippen LogP contribution in [0.4, 0.5) is 0 Å². The monoisotopic (exact) mass is 465 g/mol. The summed E-state index contributed by atoms with van der Waals surface area (Å²) in [4.78, 5) is 25.1. The van der Waals surface area contributed by atoms with Crippen LogP contribution in [0.5, 0.6) is 0 Å². The number of hydrogen-bond donors (Lipinski definition) is 0. The number of alkyl halides is 3. The van der Waals surface area contributed by atoms with Gasteiger partial charge in [0.15, 0.2) is 6.00 Å². The summed E-state index contributed by atoms with van der Waals surface area (Å²) >= 11 is 16.3. The van der Waals surface area contributed by atoms with E-state index >= 15 is 0 Å². The molecule has 1 rings (SSSR count). The second-order valence-corrected chi connectivity index (χ2v) is 9.34. The Bertz CT molecular complexity index is 634. The van der Waals surface area contributed by atoms with Crippen molar-refractivity contribution in [3.8, 4) is 0 Å². The first-order chi connectivity index (χ1) is 12.4. The molecule has 0 spiro atoms. The summed E-state index contributed by atoms with van der Waals surface area (Å²) in [6.45, 7) is 0.716. The Hall–Kier alpha value is -0.555. The number of carbonyl (C=O) groups excluding carboxylic acids is 2. The molecule has 1 fully saturated rings. The Morgan fingerprint density at radius 2 is 1.81 bits per heavy atom. The van der Waals surface area contributed by atoms with E-state index in [4.69, 9.17) is 48.3 Å². The summed E-state index contributed by atoms with van der Waals surface area (Å²) in [7, 11) is -4.77. The molecule has 1 heterocycles. The second-order valence-electron chi connectivity index (χ2n) is 5.58. The van der Waals surface area contributed by atoms with E-state index in [1.54, 1.807) is 6.08 Å². The maximum Gasteiger partial charge on any atom is 0.635 e. The van der Waals surface area contributed by atoms with Gasteiger partial charge in [-0.1, -0.05) is 60.3 Å². The standard InChI is InChI=1S/C13H19BCl3NO8S/c1-3-4-5-6-10(26-27(21,22)23-9-13(15,16)17)14-24-11(19)7-18(2)8-12(20)25-14/h5-6,10H,3-4,7-9H2,1-2H3/b6-5+. The van der Waals surface area contributed by atoms with Crippen molar-refractivity contribution in [3.05, 3.63) is 12.2 Å². The summed E-state index contributed by atoms with van der Waals surface area (Å²) in [5.41, 5.74) is 0. The van der Waals surface area contributed by atoms with Crippen molar-refractivity contribution in [2.45, 2.75) is 29.6 Å². The lowest BCUT2D eigenvalue weighted by Crippen LogP contribution is -2.48. The van der Waals surface area contributed by atoms with Crippen molar-refractivity contribution in [1.29, 1.82) is 0 Å². The van der Waals surface area contributed by atoms with E-state index in [2.05, 4.69) is 4.18 Å². The van der Waals surface area contributed by atoms with Gasteiger partial charge in [-0.05, 0) is 13.5 Å². The average Bonchev–Trinajstić information content (AvgIpc) is 2.49. The Morgan fingerprint density at radius 3 is 2.30 bits per heavy atom. The fraction of sp³-hybridized carbons (Fsp3) is 0.692. The smallest absolute Gasteiger partial charge is 0.496 e. The maximum absolute atomic E-state index is 12.0. The average molecular weight is 467 g/mol. The molecule has 154 valence electrons. The molecular formula is C13H19BCl3NO8S. The molecule has 1 saturated heterocycles. The zero-order valence-corrected chi connectivity index (χ0v) is 17.7. The summed E-state index contributed by atoms with van der Waals surface area (Å²) in [6, 6.07) is -1.48. The molecule has 0 N–H and O–H groups in total. The molecule has 1 unspecified atom stereocenters. The first-order valence-corrected chi connectivity index (χ1v) is 10.3. The highest BCUT2D eigenvalue weighted by molar-refractivity contribution is 7.82. The minimum atomic E-state index is -4.66. The van der Waals surface area contributed by atoms with E-state index in [-0.39, 0.29) is 13.1 Å². The lowest BCUT2D eigenvalue weighted by atomic mass is 9.80. The van der Waals surface area contributed by atoms with Gasteiger partial charge in [-0.3, -0.25) is 14.5 Å². The van der Waals surface area contributed by atoms with Gasteiger partial charge < -0.3 is 9.31 Å². The van der Waals surface area contributed by atoms with Crippen LogP contribution in [0.2, 0.25) is 0 Å². The number of hydrogen-bond acceptors (Lipinski definition) is 9. The van der Waals surface area contributed by atoms with Crippen LogP contribution < -0.4 is 0 Å². The fourth-order valence-electron chi connectivity index (χ4n) is 1.86. The van der Waals surface area contributed by atoms with Gasteiger partial charge in [0.2, 0.25) is 3.79 Å². The second kappa shape index (κ2) is 10.8. The molecule has 0 saturated carbocycles. The number of halogens is 3. The van der Waals surface area contributed by atoms with Crippen molar-refractivity contribution in [2.24, 2.45) is 0 Å². The van der Waals surface area contributed by atoms with Crippen molar-refractivity contribution in [1.82, 2.24) is 4.90 Å². The Kier molecular flexibility index (Phi) is 9.83. The molecule has 0 aliphatic carbocycles. The highest BCUT2D eigenvalue weighted by atomic mass is 35.6. The summed E-state index contributed by atoms with van der Waals surface area (Å²) < 4.78 is 41.4. The van der Waals surface area contributed by atoms with E-state index < -0.39 is 45.9 Å². The highest BCUT2D eigenvalue weighted by Gasteiger charge is 2.42. The molecule has 1 atom stereocenters. The molecule has 1 aliphatic heterocycles. The quantitative estimate of drug-likeness (QED) is 0.298. The van der Waals surface area contributed by atoms with Gasteiger partial charge in [0.25, 0.3) is 0 Å². The van der Waals surface area contributed by atoms with Crippen LogP contribution in [-0.2, 0) is 37.7 Å². The molecule has 0 amide bonds. The van der Waals surface area contributed by atoms with Crippen LogP contribution in [0.1, 0.15) is 19.8 Å². The van der Waals surface area contributed by atoms with E-state index in [0.717, 1.165) is 6.42 Å². The predicted octanol–water partition coefficient (Wildman–Crippen LogP) is 1.42. The molecule has 0 bridgehead atoms. The Balaban J connectivity index is 2.97. The van der Waals surface area contributed by atoms with Crippen LogP contribution in [-0.4, -0.2) is 68.9 Å². The SMILES string of the molecule is CCC/C=C/C(OS(=O)(=O)OCC(Cl)(Cl)Cl)B1OC(=O)CN(C)CC(=O)O1. The van der Waals surface area contributed by atoms with Gasteiger partial charge in [-0.2, -0.15) is 8.42 Å². The number of carbonyl (C=O) groups is 2. The van der Waals surface area contributed by atoms with E-state index in [1.807, 2.05) is 6.92 Å². The predicted molar refractivity (Wildman–Crippen MR) is 99.5 cm³/mol. The van der Waals surface area contributed by atoms with Crippen LogP contribution in [0.25, 0.3) is 0 Å². The Morgan fingerprint density at radius 1 is 1.26 bits per heavy atom. The fourth-order valence-corrected chi connectivity index (χ4v) is 3.02. The van der Waals surface area contributed by atoms with E-state index in [0.29, 0.717) is 6.42 Å². The third-order valence-electron chi connectivity index (χ3n) is 2.94. The highest BCUT2D eigenvalue weighted by Crippen LogP contribution is 2.27. The number of rotatable bonds is 8. The normalized spacial score (nSPS) is 18.8. The number of allylic oxidation sites excluding steroid dienone is 1. The minimum Gasteiger partial charge on any atom is -0.496 e. The van der Waals surface area contributed by atoms with Crippen molar-refractivity contribution in [2.75, 3.05) is 26.7 Å². The van der Waals surface area contributed by atoms with Crippen LogP contribution >= 0.6 is 34.8 Å². The zero-order chi connectivity index (χ0) is 20.7. The van der Waals surface area contributed by atoms with Gasteiger partial charge in [0, 0.05) is 0 Å². The van der Waals surface area contributed by atoms with E-state index in [9.17, 15) is 18.0 Å². The first kappa shape index (κ1) is 24.5. The summed E-state index contributed by atoms with van der Waals surface area (Å²) in [5, 5.41) is 0. The van der Waals surface area contributed by atoms with Crippen LogP contribution in [0, 0.1) is 0 Å². The third kappa shape index (κ3) is 10.5. The van der Waals surface area contributed by atoms with Crippen LogP contribution in [0.3, 0.4) is 0 Å². The van der Waals surface area contributed by atoms with Crippen molar-refractivity contribution in [3.63, 3.8) is 0 Å². The summed E-state index contributed by atoms with van der Waals surface area (Å²) in [5.74, 6) is -1.46. The lowest BCUT2D eigenvalue weighted by Gasteiger charge is -2.25. The summed E-state index contributed by atoms with van der Waals surface area (Å²) in [6.07, 6.45) is 4.21. The van der Waals surface area contributed by atoms with Gasteiger partial charge >= 0.3 is 29.5 Å². The van der Waals surface area contributed by atoms with Crippen molar-refractivity contribution < 1.29 is 35.7 Å². The Labute approximate surface area is 173 Å². The number of nitrogens with zero attached hydrogens (tertiary/aromatic N) is 1. The molecular weight excluding hydrogens is 447 g/mol. The molecule has 9 nitrogen and oxygen atoms in total.